The average Bonchev–Trinajstić information content (AvgIpc) is 3.02. The molecule has 0 saturated heterocycles. The quantitative estimate of drug-likeness (QED) is 0.115. The largest absolute Gasteiger partial charge is 0.490 e. The van der Waals surface area contributed by atoms with Crippen molar-refractivity contribution in [2.24, 2.45) is 5.73 Å². The normalized spacial score (nSPS) is 12.9. The van der Waals surface area contributed by atoms with Crippen molar-refractivity contribution in [1.82, 2.24) is 10.2 Å². The van der Waals surface area contributed by atoms with E-state index in [0.717, 1.165) is 35.3 Å². The second-order valence-electron chi connectivity index (χ2n) is 10.0. The molecule has 1 heterocycles. The molecule has 0 spiro atoms. The molecule has 3 rings (SSSR count). The molecule has 3 amide bonds. The number of amides is 3. The van der Waals surface area contributed by atoms with Crippen molar-refractivity contribution in [3.05, 3.63) is 64.2 Å². The van der Waals surface area contributed by atoms with E-state index in [0.29, 0.717) is 24.1 Å². The van der Waals surface area contributed by atoms with Gasteiger partial charge in [0, 0.05) is 18.7 Å². The summed E-state index contributed by atoms with van der Waals surface area (Å²) in [6.07, 6.45) is -2.17. The van der Waals surface area contributed by atoms with Crippen molar-refractivity contribution in [3.63, 3.8) is 0 Å². The first-order chi connectivity index (χ1) is 20.5. The molecule has 44 heavy (non-hydrogen) atoms. The van der Waals surface area contributed by atoms with E-state index in [1.54, 1.807) is 31.2 Å². The molecule has 238 valence electrons. The van der Waals surface area contributed by atoms with Gasteiger partial charge in [0.1, 0.15) is 6.54 Å². The second kappa shape index (κ2) is 15.5. The smallest absolute Gasteiger partial charge is 0.481 e. The van der Waals surface area contributed by atoms with Crippen LogP contribution < -0.4 is 16.0 Å². The maximum absolute atomic E-state index is 13.6. The Morgan fingerprint density at radius 3 is 2.25 bits per heavy atom. The van der Waals surface area contributed by atoms with Gasteiger partial charge in [-0.15, -0.1) is 0 Å². The number of guanidine groups is 1. The van der Waals surface area contributed by atoms with Gasteiger partial charge in [0.25, 0.3) is 17.7 Å². The van der Waals surface area contributed by atoms with Gasteiger partial charge in [-0.1, -0.05) is 30.2 Å². The Kier molecular flexibility index (Phi) is 12.4. The number of carbonyl (C=O) groups is 5. The van der Waals surface area contributed by atoms with Crippen molar-refractivity contribution >= 4 is 41.3 Å². The number of benzene rings is 2. The summed E-state index contributed by atoms with van der Waals surface area (Å²) in [6.45, 7) is 3.78. The molecular formula is C29H34F3N5O7. The van der Waals surface area contributed by atoms with Crippen LogP contribution in [0.4, 0.5) is 18.9 Å². The third-order valence-corrected chi connectivity index (χ3v) is 6.51. The third kappa shape index (κ3) is 10.1. The van der Waals surface area contributed by atoms with Crippen LogP contribution in [0.5, 0.6) is 0 Å². The molecule has 0 bridgehead atoms. The molecule has 1 aliphatic rings. The first kappa shape index (κ1) is 35.2. The third-order valence-electron chi connectivity index (χ3n) is 6.51. The highest BCUT2D eigenvalue weighted by Crippen LogP contribution is 2.30. The first-order valence-electron chi connectivity index (χ1n) is 13.5. The zero-order chi connectivity index (χ0) is 33.2. The van der Waals surface area contributed by atoms with E-state index in [1.165, 1.54) is 4.90 Å². The van der Waals surface area contributed by atoms with E-state index >= 15 is 0 Å². The standard InChI is InChI=1S/C27H33N5O5.C2HF3O2/c1-17-7-9-20(18(2)14-17)26(37)32-22-10-8-19(6-4-3-5-12-30-27(28)29)15-21(22)25(36)31(16-23(32)33)13-11-24(34)35;3-2(4,5)1(6)7/h7-10,14-15H,3-6,11-13,16H2,1-2H3,(H,34,35)(H4,28,29,30);(H,6,7). The molecule has 6 N–H and O–H groups in total. The number of imide groups is 1. The lowest BCUT2D eigenvalue weighted by Crippen LogP contribution is -2.43. The molecule has 0 aromatic heterocycles. The number of nitrogens with zero attached hydrogens (tertiary/aromatic N) is 2. The van der Waals surface area contributed by atoms with Crippen LogP contribution >= 0.6 is 0 Å². The molecule has 0 aliphatic carbocycles. The molecule has 0 radical (unpaired) electrons. The zero-order valence-electron chi connectivity index (χ0n) is 24.2. The van der Waals surface area contributed by atoms with Crippen molar-refractivity contribution in [1.29, 1.82) is 5.41 Å². The number of aryl methyl sites for hydroxylation is 3. The number of hydrogen-bond acceptors (Lipinski definition) is 6. The van der Waals surface area contributed by atoms with Crippen LogP contribution in [-0.2, 0) is 20.8 Å². The molecule has 2 aromatic rings. The number of fused-ring (bicyclic) bond motifs is 1. The number of anilines is 1. The van der Waals surface area contributed by atoms with Gasteiger partial charge in [0.2, 0.25) is 0 Å². The van der Waals surface area contributed by atoms with Crippen LogP contribution in [0, 0.1) is 19.3 Å². The fourth-order valence-corrected chi connectivity index (χ4v) is 4.38. The van der Waals surface area contributed by atoms with Gasteiger partial charge in [-0.2, -0.15) is 13.2 Å². The van der Waals surface area contributed by atoms with Crippen LogP contribution in [0.25, 0.3) is 0 Å². The first-order valence-corrected chi connectivity index (χ1v) is 13.5. The maximum Gasteiger partial charge on any atom is 0.490 e. The summed E-state index contributed by atoms with van der Waals surface area (Å²) < 4.78 is 31.7. The number of carboxylic acids is 2. The molecule has 1 aliphatic heterocycles. The number of halogens is 3. The van der Waals surface area contributed by atoms with Gasteiger partial charge >= 0.3 is 18.1 Å². The second-order valence-corrected chi connectivity index (χ2v) is 10.0. The maximum atomic E-state index is 13.6. The number of carboxylic acid groups (broad SMARTS) is 2. The molecule has 12 nitrogen and oxygen atoms in total. The Balaban J connectivity index is 0.000000860. The monoisotopic (exact) mass is 621 g/mol. The number of hydrogen-bond donors (Lipinski definition) is 5. The lowest BCUT2D eigenvalue weighted by atomic mass is 10.0. The van der Waals surface area contributed by atoms with E-state index in [9.17, 15) is 32.3 Å². The van der Waals surface area contributed by atoms with Crippen LogP contribution in [-0.4, -0.2) is 76.5 Å². The molecule has 2 aromatic carbocycles. The van der Waals surface area contributed by atoms with Crippen molar-refractivity contribution < 1.29 is 47.4 Å². The van der Waals surface area contributed by atoms with Gasteiger partial charge in [0.15, 0.2) is 5.96 Å². The molecular weight excluding hydrogens is 587 g/mol. The topological polar surface area (TPSA) is 194 Å². The fraction of sp³-hybridized carbons (Fsp3) is 0.379. The molecule has 15 heteroatoms. The van der Waals surface area contributed by atoms with E-state index in [2.05, 4.69) is 5.32 Å². The van der Waals surface area contributed by atoms with Gasteiger partial charge < -0.3 is 26.2 Å². The Labute approximate surface area is 251 Å². The number of aliphatic carboxylic acids is 2. The summed E-state index contributed by atoms with van der Waals surface area (Å²) in [4.78, 5) is 62.6. The summed E-state index contributed by atoms with van der Waals surface area (Å²) >= 11 is 0. The van der Waals surface area contributed by atoms with Crippen LogP contribution in [0.1, 0.15) is 63.1 Å². The minimum absolute atomic E-state index is 0.0637. The minimum atomic E-state index is -5.08. The summed E-state index contributed by atoms with van der Waals surface area (Å²) in [7, 11) is 0. The molecule has 0 fully saturated rings. The number of rotatable bonds is 10. The van der Waals surface area contributed by atoms with Gasteiger partial charge in [-0.25, -0.2) is 9.69 Å². The lowest BCUT2D eigenvalue weighted by molar-refractivity contribution is -0.192. The summed E-state index contributed by atoms with van der Waals surface area (Å²) in [5.74, 6) is -5.50. The van der Waals surface area contributed by atoms with Crippen molar-refractivity contribution in [2.75, 3.05) is 24.5 Å². The van der Waals surface area contributed by atoms with E-state index < -0.39 is 42.4 Å². The van der Waals surface area contributed by atoms with E-state index in [4.69, 9.17) is 26.2 Å². The van der Waals surface area contributed by atoms with Crippen molar-refractivity contribution in [2.45, 2.75) is 52.1 Å². The Morgan fingerprint density at radius 1 is 1.02 bits per heavy atom. The summed E-state index contributed by atoms with van der Waals surface area (Å²) in [5, 5.41) is 26.2. The lowest BCUT2D eigenvalue weighted by Gasteiger charge is -2.22. The SMILES string of the molecule is Cc1ccc(C(=O)N2C(=O)CN(CCC(=O)O)C(=O)c3cc(CCCCCNC(=N)N)ccc32)c(C)c1.O=C(O)C(F)(F)F. The fourth-order valence-electron chi connectivity index (χ4n) is 4.38. The predicted octanol–water partition coefficient (Wildman–Crippen LogP) is 3.24. The molecule has 0 saturated carbocycles. The summed E-state index contributed by atoms with van der Waals surface area (Å²) in [5.41, 5.74) is 8.61. The number of nitrogens with one attached hydrogen (secondary N) is 2. The van der Waals surface area contributed by atoms with Gasteiger partial charge in [-0.3, -0.25) is 24.6 Å². The van der Waals surface area contributed by atoms with Crippen LogP contribution in [0.2, 0.25) is 0 Å². The Hall–Kier alpha value is -4.95. The summed E-state index contributed by atoms with van der Waals surface area (Å²) in [6, 6.07) is 10.4. The number of nitrogens with two attached hydrogens (primary N) is 1. The molecule has 0 atom stereocenters. The predicted molar refractivity (Wildman–Crippen MR) is 153 cm³/mol. The van der Waals surface area contributed by atoms with Crippen LogP contribution in [0.3, 0.4) is 0 Å². The number of alkyl halides is 3. The highest BCUT2D eigenvalue weighted by Gasteiger charge is 2.38. The average molecular weight is 622 g/mol. The van der Waals surface area contributed by atoms with Crippen LogP contribution in [0.15, 0.2) is 36.4 Å². The van der Waals surface area contributed by atoms with Gasteiger partial charge in [0.05, 0.1) is 17.7 Å². The zero-order valence-corrected chi connectivity index (χ0v) is 24.2. The number of carbonyl (C=O) groups excluding carboxylic acids is 3. The number of unbranched alkanes of at least 4 members (excludes halogenated alkanes) is 2. The minimum Gasteiger partial charge on any atom is -0.481 e. The van der Waals surface area contributed by atoms with E-state index in [1.807, 2.05) is 19.1 Å². The Bertz CT molecular complexity index is 1430. The Morgan fingerprint density at radius 2 is 1.68 bits per heavy atom. The van der Waals surface area contributed by atoms with Crippen molar-refractivity contribution in [3.8, 4) is 0 Å². The highest BCUT2D eigenvalue weighted by atomic mass is 19.4. The molecule has 0 unspecified atom stereocenters. The highest BCUT2D eigenvalue weighted by molar-refractivity contribution is 6.25. The van der Waals surface area contributed by atoms with Gasteiger partial charge in [-0.05, 0) is 62.4 Å². The van der Waals surface area contributed by atoms with E-state index in [-0.39, 0.29) is 30.2 Å².